The Morgan fingerprint density at radius 1 is 0.971 bits per heavy atom. The molecule has 1 aliphatic rings. The Morgan fingerprint density at radius 2 is 1.71 bits per heavy atom. The molecule has 0 spiro atoms. The largest absolute Gasteiger partial charge is 0.489 e. The maximum absolute atomic E-state index is 12.9. The van der Waals surface area contributed by atoms with Crippen molar-refractivity contribution < 1.29 is 28.3 Å². The van der Waals surface area contributed by atoms with Crippen molar-refractivity contribution in [3.8, 4) is 5.75 Å². The molecule has 1 N–H and O–H groups in total. The van der Waals surface area contributed by atoms with Crippen LogP contribution in [0.25, 0.3) is 11.0 Å². The molecular weight excluding hydrogens is 448 g/mol. The second-order valence-electron chi connectivity index (χ2n) is 8.31. The van der Waals surface area contributed by atoms with Crippen molar-refractivity contribution in [2.45, 2.75) is 19.4 Å². The number of aromatic nitrogens is 1. The first-order chi connectivity index (χ1) is 17.1. The number of carbonyl (C=O) groups excluding carboxylic acids is 3. The van der Waals surface area contributed by atoms with Crippen molar-refractivity contribution >= 4 is 28.6 Å². The Kier molecular flexibility index (Phi) is 6.34. The van der Waals surface area contributed by atoms with E-state index >= 15 is 0 Å². The van der Waals surface area contributed by atoms with Crippen LogP contribution >= 0.6 is 0 Å². The first-order valence-corrected chi connectivity index (χ1v) is 11.5. The Bertz CT molecular complexity index is 1360. The molecule has 2 aromatic heterocycles. The fraction of sp³-hybridized carbons (Fsp3) is 0.222. The summed E-state index contributed by atoms with van der Waals surface area (Å²) in [5, 5.41) is 0.734. The smallest absolute Gasteiger partial charge is 0.375 e. The summed E-state index contributed by atoms with van der Waals surface area (Å²) >= 11 is 0. The Balaban J connectivity index is 1.27. The summed E-state index contributed by atoms with van der Waals surface area (Å²) in [6.45, 7) is 1.04. The van der Waals surface area contributed by atoms with E-state index in [9.17, 15) is 14.4 Å². The normalized spacial score (nSPS) is 13.2. The van der Waals surface area contributed by atoms with Crippen molar-refractivity contribution in [1.82, 2.24) is 9.88 Å². The molecular formula is C27H24N2O6. The zero-order valence-corrected chi connectivity index (χ0v) is 19.0. The molecule has 8 nitrogen and oxygen atoms in total. The van der Waals surface area contributed by atoms with Gasteiger partial charge in [0, 0.05) is 30.2 Å². The molecule has 3 heterocycles. The van der Waals surface area contributed by atoms with Crippen molar-refractivity contribution in [1.29, 1.82) is 0 Å². The topological polar surface area (TPSA) is 102 Å². The van der Waals surface area contributed by atoms with Gasteiger partial charge < -0.3 is 23.8 Å². The Labute approximate surface area is 201 Å². The van der Waals surface area contributed by atoms with Crippen molar-refractivity contribution in [3.05, 3.63) is 89.4 Å². The van der Waals surface area contributed by atoms with E-state index in [1.54, 1.807) is 17.0 Å². The third-order valence-electron chi connectivity index (χ3n) is 5.97. The number of hydrogen-bond acceptors (Lipinski definition) is 6. The van der Waals surface area contributed by atoms with Gasteiger partial charge in [-0.25, -0.2) is 4.79 Å². The van der Waals surface area contributed by atoms with Crippen LogP contribution in [0.3, 0.4) is 0 Å². The van der Waals surface area contributed by atoms with Crippen LogP contribution < -0.4 is 4.74 Å². The molecule has 4 aromatic rings. The second-order valence-corrected chi connectivity index (χ2v) is 8.31. The van der Waals surface area contributed by atoms with E-state index in [0.717, 1.165) is 18.2 Å². The summed E-state index contributed by atoms with van der Waals surface area (Å²) in [5.74, 6) is -0.671. The van der Waals surface area contributed by atoms with E-state index in [1.807, 2.05) is 42.5 Å². The third-order valence-corrected chi connectivity index (χ3v) is 5.97. The van der Waals surface area contributed by atoms with Crippen LogP contribution in [0.1, 0.15) is 49.8 Å². The highest BCUT2D eigenvalue weighted by Crippen LogP contribution is 2.28. The molecule has 0 unspecified atom stereocenters. The molecule has 0 saturated carbocycles. The maximum Gasteiger partial charge on any atom is 0.375 e. The van der Waals surface area contributed by atoms with Gasteiger partial charge in [0.05, 0.1) is 5.56 Å². The minimum atomic E-state index is -0.759. The highest BCUT2D eigenvalue weighted by molar-refractivity contribution is 6.02. The van der Waals surface area contributed by atoms with E-state index in [-0.39, 0.29) is 23.8 Å². The summed E-state index contributed by atoms with van der Waals surface area (Å²) in [4.78, 5) is 42.6. The number of esters is 1. The van der Waals surface area contributed by atoms with E-state index in [4.69, 9.17) is 13.9 Å². The number of furan rings is 1. The number of aromatic amines is 1. The number of para-hydroxylation sites is 2. The van der Waals surface area contributed by atoms with Gasteiger partial charge in [0.15, 0.2) is 6.61 Å². The number of amides is 1. The Hall–Kier alpha value is -4.33. The minimum Gasteiger partial charge on any atom is -0.489 e. The van der Waals surface area contributed by atoms with Gasteiger partial charge in [0.2, 0.25) is 11.5 Å². The van der Waals surface area contributed by atoms with Crippen LogP contribution in [-0.2, 0) is 11.3 Å². The zero-order valence-electron chi connectivity index (χ0n) is 19.0. The van der Waals surface area contributed by atoms with Crippen LogP contribution in [0.4, 0.5) is 0 Å². The number of carbonyl (C=O) groups is 3. The summed E-state index contributed by atoms with van der Waals surface area (Å²) in [6.07, 6.45) is 3.42. The van der Waals surface area contributed by atoms with Gasteiger partial charge in [-0.1, -0.05) is 36.4 Å². The lowest BCUT2D eigenvalue weighted by Crippen LogP contribution is -2.27. The van der Waals surface area contributed by atoms with Gasteiger partial charge in [-0.15, -0.1) is 0 Å². The number of likely N-dealkylation sites (tertiary alicyclic amines) is 1. The average molecular weight is 472 g/mol. The minimum absolute atomic E-state index is 0.00565. The lowest BCUT2D eigenvalue weighted by atomic mass is 10.1. The second kappa shape index (κ2) is 9.89. The molecule has 1 aliphatic heterocycles. The molecule has 35 heavy (non-hydrogen) atoms. The fourth-order valence-corrected chi connectivity index (χ4v) is 4.13. The number of rotatable bonds is 8. The number of hydrogen-bond donors (Lipinski definition) is 1. The summed E-state index contributed by atoms with van der Waals surface area (Å²) in [5.41, 5.74) is 1.69. The molecule has 5 rings (SSSR count). The van der Waals surface area contributed by atoms with Gasteiger partial charge in [-0.05, 0) is 37.1 Å². The monoisotopic (exact) mass is 472 g/mol. The standard InChI is InChI=1S/C27H24N2O6/c30-23(18-14-22(28-15-18)26(31)29-12-6-7-13-29)17-34-27(32)25-21(16-33-19-8-2-1-3-9-19)20-10-4-5-11-24(20)35-25/h1-5,8-11,14-15,28H,6-7,12-13,16-17H2. The van der Waals surface area contributed by atoms with Gasteiger partial charge >= 0.3 is 5.97 Å². The SMILES string of the molecule is O=C(COC(=O)c1oc2ccccc2c1COc1ccccc1)c1c[nH]c(C(=O)N2CCCC2)c1. The number of nitrogens with zero attached hydrogens (tertiary/aromatic N) is 1. The van der Waals surface area contributed by atoms with Crippen LogP contribution in [0.5, 0.6) is 5.75 Å². The zero-order chi connectivity index (χ0) is 24.2. The third kappa shape index (κ3) is 4.82. The lowest BCUT2D eigenvalue weighted by Gasteiger charge is -2.13. The van der Waals surface area contributed by atoms with Crippen LogP contribution in [0.15, 0.2) is 71.3 Å². The summed E-state index contributed by atoms with van der Waals surface area (Å²) < 4.78 is 16.9. The Morgan fingerprint density at radius 3 is 2.51 bits per heavy atom. The maximum atomic E-state index is 12.9. The first-order valence-electron chi connectivity index (χ1n) is 11.5. The first kappa shape index (κ1) is 22.5. The highest BCUT2D eigenvalue weighted by atomic mass is 16.5. The lowest BCUT2D eigenvalue weighted by molar-refractivity contribution is 0.0443. The van der Waals surface area contributed by atoms with E-state index < -0.39 is 18.4 Å². The van der Waals surface area contributed by atoms with Gasteiger partial charge in [0.25, 0.3) is 5.91 Å². The molecule has 2 aromatic carbocycles. The van der Waals surface area contributed by atoms with Crippen molar-refractivity contribution in [2.75, 3.05) is 19.7 Å². The van der Waals surface area contributed by atoms with Crippen LogP contribution in [0, 0.1) is 0 Å². The van der Waals surface area contributed by atoms with E-state index in [1.165, 1.54) is 12.3 Å². The molecule has 1 saturated heterocycles. The van der Waals surface area contributed by atoms with Gasteiger partial charge in [0.1, 0.15) is 23.6 Å². The molecule has 0 atom stereocenters. The van der Waals surface area contributed by atoms with E-state index in [0.29, 0.717) is 35.7 Å². The van der Waals surface area contributed by atoms with Crippen LogP contribution in [-0.4, -0.2) is 47.2 Å². The average Bonchev–Trinajstić information content (AvgIpc) is 3.66. The summed E-state index contributed by atoms with van der Waals surface area (Å²) in [7, 11) is 0. The number of H-pyrrole nitrogens is 1. The molecule has 0 bridgehead atoms. The number of nitrogens with one attached hydrogen (secondary N) is 1. The highest BCUT2D eigenvalue weighted by Gasteiger charge is 2.25. The summed E-state index contributed by atoms with van der Waals surface area (Å²) in [6, 6.07) is 18.0. The molecule has 0 aliphatic carbocycles. The van der Waals surface area contributed by atoms with Crippen molar-refractivity contribution in [2.24, 2.45) is 0 Å². The number of ether oxygens (including phenoxy) is 2. The number of ketones is 1. The predicted molar refractivity (Wildman–Crippen MR) is 128 cm³/mol. The van der Waals surface area contributed by atoms with E-state index in [2.05, 4.69) is 4.98 Å². The predicted octanol–water partition coefficient (Wildman–Crippen LogP) is 4.62. The van der Waals surface area contributed by atoms with Crippen LogP contribution in [0.2, 0.25) is 0 Å². The number of Topliss-reactive ketones (excluding diaryl/α,β-unsaturated/α-hetero) is 1. The van der Waals surface area contributed by atoms with Gasteiger partial charge in [-0.2, -0.15) is 0 Å². The molecule has 1 amide bonds. The number of fused-ring (bicyclic) bond motifs is 1. The number of benzene rings is 2. The molecule has 1 fully saturated rings. The van der Waals surface area contributed by atoms with Crippen molar-refractivity contribution in [3.63, 3.8) is 0 Å². The quantitative estimate of drug-likeness (QED) is 0.297. The molecule has 8 heteroatoms. The van der Waals surface area contributed by atoms with Gasteiger partial charge in [-0.3, -0.25) is 9.59 Å². The fourth-order valence-electron chi connectivity index (χ4n) is 4.13. The molecule has 0 radical (unpaired) electrons. The molecule has 178 valence electrons.